The number of para-hydroxylation sites is 1. The van der Waals surface area contributed by atoms with Gasteiger partial charge in [0, 0.05) is 13.2 Å². The van der Waals surface area contributed by atoms with Crippen molar-refractivity contribution < 1.29 is 9.47 Å². The van der Waals surface area contributed by atoms with Crippen molar-refractivity contribution in [3.8, 4) is 5.75 Å². The summed E-state index contributed by atoms with van der Waals surface area (Å²) >= 11 is 0. The number of unbranched alkanes of at least 4 members (excludes halogenated alkanes) is 3. The van der Waals surface area contributed by atoms with Crippen molar-refractivity contribution in [2.75, 3.05) is 20.3 Å². The zero-order valence-corrected chi connectivity index (χ0v) is 11.8. The van der Waals surface area contributed by atoms with Crippen LogP contribution in [0.15, 0.2) is 24.3 Å². The van der Waals surface area contributed by atoms with Crippen LogP contribution in [0, 0.1) is 0 Å². The summed E-state index contributed by atoms with van der Waals surface area (Å²) in [6.07, 6.45) is 7.19. The Morgan fingerprint density at radius 1 is 0.944 bits per heavy atom. The molecule has 0 spiro atoms. The molecule has 0 aliphatic rings. The lowest BCUT2D eigenvalue weighted by Gasteiger charge is -2.08. The van der Waals surface area contributed by atoms with Crippen LogP contribution in [0.5, 0.6) is 5.75 Å². The van der Waals surface area contributed by atoms with Gasteiger partial charge in [-0.15, -0.1) is 0 Å². The molecule has 102 valence electrons. The molecular weight excluding hydrogens is 224 g/mol. The Morgan fingerprint density at radius 3 is 2.50 bits per heavy atom. The molecule has 0 unspecified atom stereocenters. The van der Waals surface area contributed by atoms with Crippen LogP contribution in [0.1, 0.15) is 44.6 Å². The Kier molecular flexibility index (Phi) is 8.32. The molecule has 1 aromatic carbocycles. The molecule has 0 amide bonds. The van der Waals surface area contributed by atoms with Gasteiger partial charge in [0.25, 0.3) is 0 Å². The lowest BCUT2D eigenvalue weighted by Crippen LogP contribution is -2.00. The van der Waals surface area contributed by atoms with Crippen molar-refractivity contribution in [2.24, 2.45) is 0 Å². The Bertz CT molecular complexity index is 310. The van der Waals surface area contributed by atoms with E-state index in [2.05, 4.69) is 19.1 Å². The summed E-state index contributed by atoms with van der Waals surface area (Å²) in [5.74, 6) is 0.987. The van der Waals surface area contributed by atoms with Crippen molar-refractivity contribution in [3.05, 3.63) is 29.8 Å². The zero-order chi connectivity index (χ0) is 13.1. The molecule has 0 saturated heterocycles. The molecule has 0 atom stereocenters. The number of aryl methyl sites for hydroxylation is 1. The molecule has 18 heavy (non-hydrogen) atoms. The first-order valence-electron chi connectivity index (χ1n) is 7.08. The van der Waals surface area contributed by atoms with E-state index in [0.29, 0.717) is 0 Å². The van der Waals surface area contributed by atoms with Crippen molar-refractivity contribution in [3.63, 3.8) is 0 Å². The molecule has 0 fully saturated rings. The van der Waals surface area contributed by atoms with E-state index in [4.69, 9.17) is 9.47 Å². The maximum absolute atomic E-state index is 5.63. The summed E-state index contributed by atoms with van der Waals surface area (Å²) in [5, 5.41) is 0. The number of benzene rings is 1. The van der Waals surface area contributed by atoms with Gasteiger partial charge in [-0.2, -0.15) is 0 Å². The summed E-state index contributed by atoms with van der Waals surface area (Å²) < 4.78 is 11.0. The Labute approximate surface area is 111 Å². The average Bonchev–Trinajstić information content (AvgIpc) is 2.42. The Morgan fingerprint density at radius 2 is 1.72 bits per heavy atom. The van der Waals surface area contributed by atoms with Crippen LogP contribution in [0.4, 0.5) is 0 Å². The third-order valence-corrected chi connectivity index (χ3v) is 3.07. The van der Waals surface area contributed by atoms with E-state index < -0.39 is 0 Å². The minimum Gasteiger partial charge on any atom is -0.496 e. The first-order chi connectivity index (χ1) is 8.88. The summed E-state index contributed by atoms with van der Waals surface area (Å²) in [4.78, 5) is 0. The second-order valence-corrected chi connectivity index (χ2v) is 4.59. The maximum Gasteiger partial charge on any atom is 0.122 e. The summed E-state index contributed by atoms with van der Waals surface area (Å²) in [6.45, 7) is 3.99. The molecule has 0 aromatic heterocycles. The molecule has 1 rings (SSSR count). The van der Waals surface area contributed by atoms with Crippen molar-refractivity contribution in [2.45, 2.75) is 45.4 Å². The van der Waals surface area contributed by atoms with Gasteiger partial charge >= 0.3 is 0 Å². The van der Waals surface area contributed by atoms with E-state index in [9.17, 15) is 0 Å². The highest BCUT2D eigenvalue weighted by molar-refractivity contribution is 5.33. The predicted molar refractivity (Wildman–Crippen MR) is 76.3 cm³/mol. The van der Waals surface area contributed by atoms with Crippen molar-refractivity contribution in [1.82, 2.24) is 0 Å². The van der Waals surface area contributed by atoms with E-state index in [1.165, 1.54) is 31.2 Å². The molecule has 0 N–H and O–H groups in total. The standard InChI is InChI=1S/C16H26O2/c1-3-4-5-8-13-18-14-9-11-15-10-6-7-12-16(15)17-2/h6-7,10,12H,3-5,8-9,11,13-14H2,1-2H3. The van der Waals surface area contributed by atoms with Crippen LogP contribution >= 0.6 is 0 Å². The third kappa shape index (κ3) is 6.06. The van der Waals surface area contributed by atoms with E-state index in [1.54, 1.807) is 7.11 Å². The van der Waals surface area contributed by atoms with E-state index in [-0.39, 0.29) is 0 Å². The van der Waals surface area contributed by atoms with Gasteiger partial charge in [0.2, 0.25) is 0 Å². The van der Waals surface area contributed by atoms with Crippen molar-refractivity contribution in [1.29, 1.82) is 0 Å². The van der Waals surface area contributed by atoms with E-state index >= 15 is 0 Å². The average molecular weight is 250 g/mol. The molecule has 1 aromatic rings. The number of hydrogen-bond acceptors (Lipinski definition) is 2. The minimum absolute atomic E-state index is 0.851. The lowest BCUT2D eigenvalue weighted by molar-refractivity contribution is 0.127. The second kappa shape index (κ2) is 9.95. The highest BCUT2D eigenvalue weighted by Crippen LogP contribution is 2.18. The molecule has 0 saturated carbocycles. The summed E-state index contributed by atoms with van der Waals surface area (Å²) in [7, 11) is 1.73. The SMILES string of the molecule is CCCCCCOCCCc1ccccc1OC. The van der Waals surface area contributed by atoms with E-state index in [1.807, 2.05) is 12.1 Å². The molecule has 2 nitrogen and oxygen atoms in total. The second-order valence-electron chi connectivity index (χ2n) is 4.59. The monoisotopic (exact) mass is 250 g/mol. The van der Waals surface area contributed by atoms with Gasteiger partial charge in [0.15, 0.2) is 0 Å². The van der Waals surface area contributed by atoms with Gasteiger partial charge in [-0.1, -0.05) is 44.4 Å². The Balaban J connectivity index is 2.07. The third-order valence-electron chi connectivity index (χ3n) is 3.07. The lowest BCUT2D eigenvalue weighted by atomic mass is 10.1. The highest BCUT2D eigenvalue weighted by atomic mass is 16.5. The van der Waals surface area contributed by atoms with Gasteiger partial charge in [-0.05, 0) is 30.9 Å². The Hall–Kier alpha value is -1.02. The fraction of sp³-hybridized carbons (Fsp3) is 0.625. The predicted octanol–water partition coefficient (Wildman–Crippen LogP) is 4.22. The molecule has 0 bridgehead atoms. The molecule has 0 aliphatic carbocycles. The quantitative estimate of drug-likeness (QED) is 0.579. The largest absolute Gasteiger partial charge is 0.496 e. The number of ether oxygens (including phenoxy) is 2. The van der Waals surface area contributed by atoms with Gasteiger partial charge in [-0.25, -0.2) is 0 Å². The first-order valence-corrected chi connectivity index (χ1v) is 7.08. The number of methoxy groups -OCH3 is 1. The van der Waals surface area contributed by atoms with Gasteiger partial charge in [0.1, 0.15) is 5.75 Å². The molecule has 0 aliphatic heterocycles. The van der Waals surface area contributed by atoms with Crippen LogP contribution in [-0.2, 0) is 11.2 Å². The maximum atomic E-state index is 5.63. The van der Waals surface area contributed by atoms with Gasteiger partial charge in [0.05, 0.1) is 7.11 Å². The van der Waals surface area contributed by atoms with Crippen LogP contribution in [0.25, 0.3) is 0 Å². The molecule has 2 heteroatoms. The van der Waals surface area contributed by atoms with Crippen LogP contribution in [-0.4, -0.2) is 20.3 Å². The van der Waals surface area contributed by atoms with Crippen molar-refractivity contribution >= 4 is 0 Å². The van der Waals surface area contributed by atoms with Crippen LogP contribution in [0.2, 0.25) is 0 Å². The molecule has 0 heterocycles. The van der Waals surface area contributed by atoms with Gasteiger partial charge < -0.3 is 9.47 Å². The van der Waals surface area contributed by atoms with Crippen LogP contribution in [0.3, 0.4) is 0 Å². The highest BCUT2D eigenvalue weighted by Gasteiger charge is 2.00. The normalized spacial score (nSPS) is 10.6. The molecular formula is C16H26O2. The fourth-order valence-electron chi connectivity index (χ4n) is 2.01. The number of hydrogen-bond donors (Lipinski definition) is 0. The summed E-state index contributed by atoms with van der Waals surface area (Å²) in [6, 6.07) is 8.21. The molecule has 0 radical (unpaired) electrons. The number of rotatable bonds is 10. The minimum atomic E-state index is 0.851. The first kappa shape index (κ1) is 15.0. The van der Waals surface area contributed by atoms with Crippen LogP contribution < -0.4 is 4.74 Å². The smallest absolute Gasteiger partial charge is 0.122 e. The zero-order valence-electron chi connectivity index (χ0n) is 11.8. The topological polar surface area (TPSA) is 18.5 Å². The summed E-state index contributed by atoms with van der Waals surface area (Å²) in [5.41, 5.74) is 1.27. The fourth-order valence-corrected chi connectivity index (χ4v) is 2.01. The van der Waals surface area contributed by atoms with E-state index in [0.717, 1.165) is 31.8 Å². The van der Waals surface area contributed by atoms with Gasteiger partial charge in [-0.3, -0.25) is 0 Å².